The van der Waals surface area contributed by atoms with Gasteiger partial charge in [-0.1, -0.05) is 40.0 Å². The van der Waals surface area contributed by atoms with Gasteiger partial charge in [-0.05, 0) is 30.6 Å². The van der Waals surface area contributed by atoms with E-state index in [9.17, 15) is 28.8 Å². The van der Waals surface area contributed by atoms with Gasteiger partial charge < -0.3 is 36.2 Å². The lowest BCUT2D eigenvalue weighted by Gasteiger charge is -2.36. The van der Waals surface area contributed by atoms with Crippen molar-refractivity contribution in [1.82, 2.24) is 25.8 Å². The normalized spacial score (nSPS) is 21.4. The average Bonchev–Trinajstić information content (AvgIpc) is 3.36. The highest BCUT2D eigenvalue weighted by Gasteiger charge is 2.43. The summed E-state index contributed by atoms with van der Waals surface area (Å²) in [7, 11) is 0. The van der Waals surface area contributed by atoms with Crippen molar-refractivity contribution in [2.24, 2.45) is 17.1 Å². The summed E-state index contributed by atoms with van der Waals surface area (Å²) in [4.78, 5) is 79.0. The van der Waals surface area contributed by atoms with Crippen LogP contribution in [0.5, 0.6) is 0 Å². The van der Waals surface area contributed by atoms with Crippen molar-refractivity contribution in [1.29, 1.82) is 0 Å². The number of morpholine rings is 1. The van der Waals surface area contributed by atoms with E-state index in [-0.39, 0.29) is 18.4 Å². The molecule has 1 aliphatic carbocycles. The number of hydrogen-bond donors (Lipinski definition) is 4. The van der Waals surface area contributed by atoms with Gasteiger partial charge >= 0.3 is 6.03 Å². The Labute approximate surface area is 228 Å². The molecule has 5 N–H and O–H groups in total. The lowest BCUT2D eigenvalue weighted by atomic mass is 9.80. The predicted molar refractivity (Wildman–Crippen MR) is 140 cm³/mol. The average molecular weight is 551 g/mol. The molecule has 0 bridgehead atoms. The van der Waals surface area contributed by atoms with Gasteiger partial charge in [0.15, 0.2) is 0 Å². The number of ketones is 1. The molecule has 0 aromatic heterocycles. The Balaban J connectivity index is 1.63. The van der Waals surface area contributed by atoms with Gasteiger partial charge in [-0.15, -0.1) is 0 Å². The highest BCUT2D eigenvalue weighted by molar-refractivity contribution is 6.37. The molecule has 3 fully saturated rings. The number of rotatable bonds is 10. The van der Waals surface area contributed by atoms with Crippen LogP contribution < -0.4 is 21.7 Å². The van der Waals surface area contributed by atoms with Crippen LogP contribution in [-0.4, -0.2) is 103 Å². The van der Waals surface area contributed by atoms with E-state index in [0.29, 0.717) is 52.1 Å². The number of likely N-dealkylation sites (tertiary alicyclic amines) is 1. The van der Waals surface area contributed by atoms with Crippen molar-refractivity contribution in [3.8, 4) is 0 Å². The fourth-order valence-corrected chi connectivity index (χ4v) is 5.11. The number of nitrogens with zero attached hydrogens (tertiary/aromatic N) is 2. The van der Waals surface area contributed by atoms with Crippen LogP contribution in [-0.2, 0) is 28.7 Å². The summed E-state index contributed by atoms with van der Waals surface area (Å²) in [6, 6.07) is -3.52. The van der Waals surface area contributed by atoms with Crippen LogP contribution >= 0.6 is 0 Å². The van der Waals surface area contributed by atoms with E-state index in [2.05, 4.69) is 16.0 Å². The Bertz CT molecular complexity index is 955. The van der Waals surface area contributed by atoms with Gasteiger partial charge in [-0.3, -0.25) is 24.0 Å². The third kappa shape index (κ3) is 8.13. The van der Waals surface area contributed by atoms with Gasteiger partial charge in [0.05, 0.1) is 25.8 Å². The van der Waals surface area contributed by atoms with Crippen molar-refractivity contribution in [2.75, 3.05) is 39.4 Å². The van der Waals surface area contributed by atoms with Crippen molar-refractivity contribution in [3.63, 3.8) is 0 Å². The predicted octanol–water partition coefficient (Wildman–Crippen LogP) is -0.720. The smallest absolute Gasteiger partial charge is 0.315 e. The van der Waals surface area contributed by atoms with E-state index in [1.54, 1.807) is 25.7 Å². The lowest BCUT2D eigenvalue weighted by molar-refractivity contribution is -0.143. The van der Waals surface area contributed by atoms with Gasteiger partial charge in [0.25, 0.3) is 5.91 Å². The summed E-state index contributed by atoms with van der Waals surface area (Å²) in [5.41, 5.74) is 4.51. The quantitative estimate of drug-likeness (QED) is 0.259. The molecule has 0 aromatic carbocycles. The van der Waals surface area contributed by atoms with E-state index in [0.717, 1.165) is 19.3 Å². The van der Waals surface area contributed by atoms with E-state index in [1.165, 1.54) is 4.90 Å². The first-order valence-corrected chi connectivity index (χ1v) is 13.7. The largest absolute Gasteiger partial charge is 0.378 e. The van der Waals surface area contributed by atoms with Crippen LogP contribution in [0.3, 0.4) is 0 Å². The second-order valence-corrected chi connectivity index (χ2v) is 11.6. The maximum Gasteiger partial charge on any atom is 0.315 e. The molecule has 0 radical (unpaired) electrons. The standard InChI is InChI=1S/C26H42N6O7/c1-26(2,3)21(30-25(38)28-15-19(33)31-10-12-39-13-11-31)24(37)32-9-5-8-18(32)23(36)29-17(20(34)22(27)35)14-16-6-4-7-16/h16-18,21H,4-15H2,1-3H3,(H2,27,35)(H,29,36)(H2,28,30,38). The first kappa shape index (κ1) is 30.3. The Morgan fingerprint density at radius 2 is 1.62 bits per heavy atom. The van der Waals surface area contributed by atoms with E-state index in [4.69, 9.17) is 10.5 Å². The molecule has 218 valence electrons. The number of carbonyl (C=O) groups excluding carboxylic acids is 6. The molecule has 2 saturated heterocycles. The van der Waals surface area contributed by atoms with Crippen molar-refractivity contribution >= 4 is 35.4 Å². The maximum atomic E-state index is 13.7. The number of nitrogens with two attached hydrogens (primary N) is 1. The molecule has 3 rings (SSSR count). The molecule has 3 unspecified atom stereocenters. The van der Waals surface area contributed by atoms with Crippen molar-refractivity contribution in [3.05, 3.63) is 0 Å². The monoisotopic (exact) mass is 550 g/mol. The Morgan fingerprint density at radius 1 is 0.949 bits per heavy atom. The molecule has 3 aliphatic rings. The third-order valence-corrected chi connectivity index (χ3v) is 7.66. The molecule has 3 atom stereocenters. The summed E-state index contributed by atoms with van der Waals surface area (Å²) in [6.07, 6.45) is 4.17. The molecule has 1 saturated carbocycles. The summed E-state index contributed by atoms with van der Waals surface area (Å²) >= 11 is 0. The molecule has 2 heterocycles. The Morgan fingerprint density at radius 3 is 2.18 bits per heavy atom. The summed E-state index contributed by atoms with van der Waals surface area (Å²) in [5.74, 6) is -2.91. The summed E-state index contributed by atoms with van der Waals surface area (Å²) in [6.45, 7) is 7.26. The van der Waals surface area contributed by atoms with Crippen LogP contribution in [0.4, 0.5) is 4.79 Å². The zero-order valence-electron chi connectivity index (χ0n) is 23.1. The van der Waals surface area contributed by atoms with E-state index < -0.39 is 53.1 Å². The molecule has 0 aromatic rings. The second-order valence-electron chi connectivity index (χ2n) is 11.6. The third-order valence-electron chi connectivity index (χ3n) is 7.66. The van der Waals surface area contributed by atoms with Gasteiger partial charge in [0.1, 0.15) is 12.1 Å². The highest BCUT2D eigenvalue weighted by atomic mass is 16.5. The van der Waals surface area contributed by atoms with Crippen LogP contribution in [0.1, 0.15) is 59.3 Å². The number of Topliss-reactive ketones (excluding diaryl/α,β-unsaturated/α-hetero) is 1. The molecular formula is C26H42N6O7. The van der Waals surface area contributed by atoms with Gasteiger partial charge in [-0.2, -0.15) is 0 Å². The lowest BCUT2D eigenvalue weighted by Crippen LogP contribution is -2.60. The number of ether oxygens (including phenoxy) is 1. The topological polar surface area (TPSA) is 180 Å². The van der Waals surface area contributed by atoms with E-state index in [1.807, 2.05) is 0 Å². The number of nitrogens with one attached hydrogen (secondary N) is 3. The molecular weight excluding hydrogens is 508 g/mol. The molecule has 13 nitrogen and oxygen atoms in total. The van der Waals surface area contributed by atoms with Gasteiger partial charge in [-0.25, -0.2) is 4.79 Å². The van der Waals surface area contributed by atoms with Crippen LogP contribution in [0, 0.1) is 11.3 Å². The number of hydrogen-bond acceptors (Lipinski definition) is 7. The second kappa shape index (κ2) is 13.2. The molecule has 2 aliphatic heterocycles. The molecule has 6 amide bonds. The molecule has 13 heteroatoms. The number of carbonyl (C=O) groups is 6. The fourth-order valence-electron chi connectivity index (χ4n) is 5.11. The molecule has 0 spiro atoms. The first-order chi connectivity index (χ1) is 18.4. The summed E-state index contributed by atoms with van der Waals surface area (Å²) < 4.78 is 5.23. The fraction of sp³-hybridized carbons (Fsp3) is 0.769. The minimum absolute atomic E-state index is 0.220. The van der Waals surface area contributed by atoms with Crippen LogP contribution in [0.15, 0.2) is 0 Å². The number of primary amides is 1. The minimum atomic E-state index is -1.10. The van der Waals surface area contributed by atoms with Gasteiger partial charge in [0.2, 0.25) is 23.5 Å². The Hall–Kier alpha value is -3.22. The van der Waals surface area contributed by atoms with Crippen LogP contribution in [0.25, 0.3) is 0 Å². The molecule has 39 heavy (non-hydrogen) atoms. The zero-order valence-corrected chi connectivity index (χ0v) is 23.1. The van der Waals surface area contributed by atoms with Crippen LogP contribution in [0.2, 0.25) is 0 Å². The first-order valence-electron chi connectivity index (χ1n) is 13.7. The van der Waals surface area contributed by atoms with Crippen molar-refractivity contribution < 1.29 is 33.5 Å². The Kier molecular flexibility index (Phi) is 10.3. The maximum absolute atomic E-state index is 13.7. The summed E-state index contributed by atoms with van der Waals surface area (Å²) in [5, 5.41) is 7.88. The zero-order chi connectivity index (χ0) is 28.7. The van der Waals surface area contributed by atoms with E-state index >= 15 is 0 Å². The SMILES string of the molecule is CC(C)(C)C(NC(=O)NCC(=O)N1CCOCC1)C(=O)N1CCCC1C(=O)NC(CC1CCC1)C(=O)C(N)=O. The number of urea groups is 1. The van der Waals surface area contributed by atoms with Crippen molar-refractivity contribution in [2.45, 2.75) is 77.4 Å². The highest BCUT2D eigenvalue weighted by Crippen LogP contribution is 2.31. The van der Waals surface area contributed by atoms with Gasteiger partial charge in [0, 0.05) is 19.6 Å². The number of amides is 6. The minimum Gasteiger partial charge on any atom is -0.378 e.